The van der Waals surface area contributed by atoms with E-state index >= 15 is 0 Å². The van der Waals surface area contributed by atoms with E-state index in [1.165, 1.54) is 12.1 Å². The van der Waals surface area contributed by atoms with Crippen LogP contribution in [0.3, 0.4) is 0 Å². The van der Waals surface area contributed by atoms with Gasteiger partial charge in [0.25, 0.3) is 15.9 Å². The van der Waals surface area contributed by atoms with E-state index in [9.17, 15) is 13.2 Å². The SMILES string of the molecule is Cc1cccc(NS(=O)(=O)c2ccc(C(=O)NCC(CC(C)C)N3CCOCC3)cc2)c1C. The largest absolute Gasteiger partial charge is 0.379 e. The molecule has 1 fully saturated rings. The van der Waals surface area contributed by atoms with Crippen LogP contribution in [0, 0.1) is 19.8 Å². The second-order valence-corrected chi connectivity index (χ2v) is 10.7. The van der Waals surface area contributed by atoms with Gasteiger partial charge in [-0.3, -0.25) is 14.4 Å². The molecule has 7 nitrogen and oxygen atoms in total. The fourth-order valence-corrected chi connectivity index (χ4v) is 5.13. The predicted molar refractivity (Wildman–Crippen MR) is 131 cm³/mol. The van der Waals surface area contributed by atoms with Gasteiger partial charge in [0.15, 0.2) is 0 Å². The van der Waals surface area contributed by atoms with Gasteiger partial charge < -0.3 is 10.1 Å². The summed E-state index contributed by atoms with van der Waals surface area (Å²) in [6.07, 6.45) is 0.988. The van der Waals surface area contributed by atoms with Gasteiger partial charge in [-0.15, -0.1) is 0 Å². The van der Waals surface area contributed by atoms with E-state index in [1.54, 1.807) is 18.2 Å². The summed E-state index contributed by atoms with van der Waals surface area (Å²) in [7, 11) is -3.75. The third-order valence-electron chi connectivity index (χ3n) is 6.08. The fourth-order valence-electron chi connectivity index (χ4n) is 4.01. The van der Waals surface area contributed by atoms with Crippen LogP contribution < -0.4 is 10.0 Å². The van der Waals surface area contributed by atoms with Crippen molar-refractivity contribution in [1.82, 2.24) is 10.2 Å². The fraction of sp³-hybridized carbons (Fsp3) is 0.480. The summed E-state index contributed by atoms with van der Waals surface area (Å²) in [6.45, 7) is 11.9. The molecule has 0 aliphatic carbocycles. The van der Waals surface area contributed by atoms with E-state index in [1.807, 2.05) is 26.0 Å². The van der Waals surface area contributed by atoms with Gasteiger partial charge >= 0.3 is 0 Å². The smallest absolute Gasteiger partial charge is 0.261 e. The van der Waals surface area contributed by atoms with Gasteiger partial charge in [-0.25, -0.2) is 8.42 Å². The van der Waals surface area contributed by atoms with Crippen LogP contribution in [0.1, 0.15) is 41.8 Å². The van der Waals surface area contributed by atoms with Gasteiger partial charge in [0.1, 0.15) is 0 Å². The number of rotatable bonds is 9. The minimum absolute atomic E-state index is 0.117. The van der Waals surface area contributed by atoms with E-state index in [4.69, 9.17) is 4.74 Å². The molecule has 1 heterocycles. The lowest BCUT2D eigenvalue weighted by molar-refractivity contribution is 0.0124. The summed E-state index contributed by atoms with van der Waals surface area (Å²) >= 11 is 0. The number of hydrogen-bond acceptors (Lipinski definition) is 5. The molecule has 2 aromatic rings. The van der Waals surface area contributed by atoms with Crippen molar-refractivity contribution >= 4 is 21.6 Å². The molecule has 2 aromatic carbocycles. The molecule has 0 radical (unpaired) electrons. The number of anilines is 1. The summed E-state index contributed by atoms with van der Waals surface area (Å²) in [5.41, 5.74) is 2.88. The van der Waals surface area contributed by atoms with Crippen molar-refractivity contribution in [3.63, 3.8) is 0 Å². The normalized spacial score (nSPS) is 15.9. The molecule has 1 unspecified atom stereocenters. The molecule has 1 aliphatic rings. The Balaban J connectivity index is 1.64. The number of hydrogen-bond donors (Lipinski definition) is 2. The molecule has 3 rings (SSSR count). The van der Waals surface area contributed by atoms with Crippen molar-refractivity contribution in [3.8, 4) is 0 Å². The Labute approximate surface area is 197 Å². The lowest BCUT2D eigenvalue weighted by atomic mass is 10.0. The highest BCUT2D eigenvalue weighted by molar-refractivity contribution is 7.92. The Bertz CT molecular complexity index is 1050. The molecule has 8 heteroatoms. The third-order valence-corrected chi connectivity index (χ3v) is 7.46. The minimum Gasteiger partial charge on any atom is -0.379 e. The number of carbonyl (C=O) groups is 1. The molecule has 0 aromatic heterocycles. The molecular weight excluding hydrogens is 438 g/mol. The molecule has 0 saturated carbocycles. The second-order valence-electron chi connectivity index (χ2n) is 9.02. The molecular formula is C25H35N3O4S. The van der Waals surface area contributed by atoms with Crippen LogP contribution in [0.4, 0.5) is 5.69 Å². The standard InChI is InChI=1S/C25H35N3O4S/c1-18(2)16-22(28-12-14-32-15-13-28)17-26-25(29)21-8-10-23(11-9-21)33(30,31)27-24-7-5-6-19(3)20(24)4/h5-11,18,22,27H,12-17H2,1-4H3,(H,26,29). The molecule has 2 N–H and O–H groups in total. The quantitative estimate of drug-likeness (QED) is 0.581. The lowest BCUT2D eigenvalue weighted by Gasteiger charge is -2.35. The highest BCUT2D eigenvalue weighted by atomic mass is 32.2. The van der Waals surface area contributed by atoms with Crippen molar-refractivity contribution < 1.29 is 17.9 Å². The molecule has 180 valence electrons. The number of sulfonamides is 1. The van der Waals surface area contributed by atoms with E-state index in [2.05, 4.69) is 28.8 Å². The summed E-state index contributed by atoms with van der Waals surface area (Å²) < 4.78 is 33.7. The number of benzene rings is 2. The van der Waals surface area contributed by atoms with Crippen LogP contribution in [-0.4, -0.2) is 58.1 Å². The van der Waals surface area contributed by atoms with Crippen LogP contribution in [0.2, 0.25) is 0 Å². The lowest BCUT2D eigenvalue weighted by Crippen LogP contribution is -2.49. The number of nitrogens with zero attached hydrogens (tertiary/aromatic N) is 1. The Morgan fingerprint density at radius 2 is 1.73 bits per heavy atom. The van der Waals surface area contributed by atoms with Gasteiger partial charge in [-0.05, 0) is 67.6 Å². The highest BCUT2D eigenvalue weighted by Crippen LogP contribution is 2.22. The molecule has 0 bridgehead atoms. The third kappa shape index (κ3) is 6.79. The van der Waals surface area contributed by atoms with E-state index in [-0.39, 0.29) is 16.8 Å². The monoisotopic (exact) mass is 473 g/mol. The maximum absolute atomic E-state index is 12.8. The van der Waals surface area contributed by atoms with Crippen molar-refractivity contribution in [2.75, 3.05) is 37.6 Å². The van der Waals surface area contributed by atoms with Crippen molar-refractivity contribution in [1.29, 1.82) is 0 Å². The maximum atomic E-state index is 12.8. The van der Waals surface area contributed by atoms with Gasteiger partial charge in [-0.1, -0.05) is 26.0 Å². The highest BCUT2D eigenvalue weighted by Gasteiger charge is 2.23. The molecule has 1 amide bonds. The number of amides is 1. The molecule has 1 atom stereocenters. The predicted octanol–water partition coefficient (Wildman–Crippen LogP) is 3.58. The first-order valence-electron chi connectivity index (χ1n) is 11.5. The van der Waals surface area contributed by atoms with Crippen molar-refractivity contribution in [3.05, 3.63) is 59.2 Å². The van der Waals surface area contributed by atoms with Crippen LogP contribution in [-0.2, 0) is 14.8 Å². The number of nitrogens with one attached hydrogen (secondary N) is 2. The first-order chi connectivity index (χ1) is 15.7. The average Bonchev–Trinajstić information content (AvgIpc) is 2.80. The van der Waals surface area contributed by atoms with E-state index < -0.39 is 10.0 Å². The van der Waals surface area contributed by atoms with Crippen LogP contribution in [0.25, 0.3) is 0 Å². The van der Waals surface area contributed by atoms with Crippen molar-refractivity contribution in [2.24, 2.45) is 5.92 Å². The summed E-state index contributed by atoms with van der Waals surface area (Å²) in [4.78, 5) is 15.2. The Morgan fingerprint density at radius 3 is 2.36 bits per heavy atom. The van der Waals surface area contributed by atoms with Gasteiger partial charge in [0.05, 0.1) is 23.8 Å². The zero-order valence-electron chi connectivity index (χ0n) is 19.9. The number of morpholine rings is 1. The van der Waals surface area contributed by atoms with E-state index in [0.29, 0.717) is 36.9 Å². The van der Waals surface area contributed by atoms with Crippen LogP contribution >= 0.6 is 0 Å². The van der Waals surface area contributed by atoms with Crippen LogP contribution in [0.15, 0.2) is 47.4 Å². The van der Waals surface area contributed by atoms with Crippen molar-refractivity contribution in [2.45, 2.75) is 45.1 Å². The number of aryl methyl sites for hydroxylation is 1. The number of carbonyl (C=O) groups excluding carboxylic acids is 1. The minimum atomic E-state index is -3.75. The molecule has 33 heavy (non-hydrogen) atoms. The molecule has 1 aliphatic heterocycles. The Hall–Kier alpha value is -2.42. The Morgan fingerprint density at radius 1 is 1.06 bits per heavy atom. The topological polar surface area (TPSA) is 87.7 Å². The number of ether oxygens (including phenoxy) is 1. The second kappa shape index (κ2) is 11.1. The van der Waals surface area contributed by atoms with Gasteiger partial charge in [0, 0.05) is 31.2 Å². The van der Waals surface area contributed by atoms with Gasteiger partial charge in [0.2, 0.25) is 0 Å². The average molecular weight is 474 g/mol. The summed E-state index contributed by atoms with van der Waals surface area (Å²) in [6, 6.07) is 11.8. The molecule has 0 spiro atoms. The first kappa shape index (κ1) is 25.2. The molecule has 1 saturated heterocycles. The van der Waals surface area contributed by atoms with Gasteiger partial charge in [-0.2, -0.15) is 0 Å². The maximum Gasteiger partial charge on any atom is 0.261 e. The van der Waals surface area contributed by atoms with Crippen LogP contribution in [0.5, 0.6) is 0 Å². The summed E-state index contributed by atoms with van der Waals surface area (Å²) in [5.74, 6) is 0.312. The summed E-state index contributed by atoms with van der Waals surface area (Å²) in [5, 5.41) is 3.03. The zero-order valence-corrected chi connectivity index (χ0v) is 20.7. The Kier molecular flexibility index (Phi) is 8.51. The first-order valence-corrected chi connectivity index (χ1v) is 12.9. The van der Waals surface area contributed by atoms with E-state index in [0.717, 1.165) is 30.6 Å². The zero-order chi connectivity index (χ0) is 24.0.